The van der Waals surface area contributed by atoms with E-state index < -0.39 is 0 Å². The van der Waals surface area contributed by atoms with E-state index in [0.717, 1.165) is 66.4 Å². The minimum Gasteiger partial charge on any atom is -1.00 e. The minimum absolute atomic E-state index is 0. The molecule has 37 heavy (non-hydrogen) atoms. The van der Waals surface area contributed by atoms with E-state index in [4.69, 9.17) is 0 Å². The van der Waals surface area contributed by atoms with E-state index in [1.807, 2.05) is 0 Å². The van der Waals surface area contributed by atoms with Crippen molar-refractivity contribution < 1.29 is 33.3 Å². The molecule has 4 saturated carbocycles. The van der Waals surface area contributed by atoms with Gasteiger partial charge in [-0.15, -0.1) is 0 Å². The van der Waals surface area contributed by atoms with Crippen LogP contribution in [0.1, 0.15) is 124 Å². The summed E-state index contributed by atoms with van der Waals surface area (Å²) >= 11 is 0. The fraction of sp³-hybridized carbons (Fsp3) is 0.970. The number of amides is 1. The fourth-order valence-electron chi connectivity index (χ4n) is 10.4. The second kappa shape index (κ2) is 13.2. The van der Waals surface area contributed by atoms with Gasteiger partial charge in [-0.05, 0) is 111 Å². The molecule has 0 aromatic carbocycles. The number of rotatable bonds is 11. The summed E-state index contributed by atoms with van der Waals surface area (Å²) in [7, 11) is 4.65. The lowest BCUT2D eigenvalue weighted by Gasteiger charge is -2.61. The summed E-state index contributed by atoms with van der Waals surface area (Å²) in [5, 5.41) is 3.24. The molecule has 0 aliphatic heterocycles. The van der Waals surface area contributed by atoms with E-state index >= 15 is 0 Å². The van der Waals surface area contributed by atoms with Gasteiger partial charge >= 0.3 is 0 Å². The van der Waals surface area contributed by atoms with Gasteiger partial charge in [0.25, 0.3) is 0 Å². The second-order valence-corrected chi connectivity index (χ2v) is 15.1. The Kier molecular flexibility index (Phi) is 11.3. The molecule has 4 rings (SSSR count). The maximum Gasteiger partial charge on any atom is 0.220 e. The molecule has 4 heteroatoms. The lowest BCUT2D eigenvalue weighted by Crippen LogP contribution is -3.00. The first kappa shape index (κ1) is 31.7. The van der Waals surface area contributed by atoms with Gasteiger partial charge in [0.2, 0.25) is 5.91 Å². The summed E-state index contributed by atoms with van der Waals surface area (Å²) < 4.78 is 1.07. The van der Waals surface area contributed by atoms with Gasteiger partial charge in [-0.2, -0.15) is 0 Å². The first-order valence-electron chi connectivity index (χ1n) is 16.2. The van der Waals surface area contributed by atoms with Crippen molar-refractivity contribution in [3.63, 3.8) is 0 Å². The largest absolute Gasteiger partial charge is 1.00 e. The highest BCUT2D eigenvalue weighted by atomic mass is 127. The molecule has 216 valence electrons. The van der Waals surface area contributed by atoms with Crippen molar-refractivity contribution in [3.8, 4) is 0 Å². The average Bonchev–Trinajstić information content (AvgIpc) is 3.21. The van der Waals surface area contributed by atoms with E-state index in [1.165, 1.54) is 83.6 Å². The van der Waals surface area contributed by atoms with Gasteiger partial charge in [0.15, 0.2) is 0 Å². The molecule has 4 aliphatic rings. The number of carbonyl (C=O) groups is 1. The maximum absolute atomic E-state index is 12.7. The number of unbranched alkanes of at least 4 members (excludes halogenated alkanes) is 1. The van der Waals surface area contributed by atoms with Crippen molar-refractivity contribution in [1.82, 2.24) is 5.32 Å². The topological polar surface area (TPSA) is 29.1 Å². The summed E-state index contributed by atoms with van der Waals surface area (Å²) in [5.74, 6) is 5.74. The molecule has 0 saturated heterocycles. The van der Waals surface area contributed by atoms with Crippen LogP contribution in [0.25, 0.3) is 0 Å². The molecule has 1 amide bonds. The zero-order valence-corrected chi connectivity index (χ0v) is 27.6. The molecule has 1 N–H and O–H groups in total. The maximum atomic E-state index is 12.7. The first-order valence-corrected chi connectivity index (χ1v) is 16.2. The van der Waals surface area contributed by atoms with E-state index in [1.54, 1.807) is 0 Å². The Balaban J connectivity index is 0.00000380. The van der Waals surface area contributed by atoms with Crippen molar-refractivity contribution in [3.05, 3.63) is 0 Å². The predicted octanol–water partition coefficient (Wildman–Crippen LogP) is 4.84. The first-order chi connectivity index (χ1) is 17.1. The molecule has 3 nitrogen and oxygen atoms in total. The van der Waals surface area contributed by atoms with Crippen LogP contribution >= 0.6 is 0 Å². The van der Waals surface area contributed by atoms with Crippen LogP contribution in [0.2, 0.25) is 0 Å². The van der Waals surface area contributed by atoms with Crippen LogP contribution in [0, 0.1) is 46.3 Å². The third-order valence-corrected chi connectivity index (χ3v) is 12.5. The van der Waals surface area contributed by atoms with Crippen molar-refractivity contribution >= 4 is 5.91 Å². The van der Waals surface area contributed by atoms with Gasteiger partial charge in [0.1, 0.15) is 0 Å². The monoisotopic (exact) mass is 628 g/mol. The molecule has 0 bridgehead atoms. The minimum atomic E-state index is 0. The summed E-state index contributed by atoms with van der Waals surface area (Å²) in [4.78, 5) is 12.7. The summed E-state index contributed by atoms with van der Waals surface area (Å²) in [6.45, 7) is 13.4. The Bertz CT molecular complexity index is 740. The van der Waals surface area contributed by atoms with Crippen molar-refractivity contribution in [2.75, 3.05) is 33.7 Å². The molecule has 4 fully saturated rings. The van der Waals surface area contributed by atoms with Crippen LogP contribution < -0.4 is 29.3 Å². The number of fused-ring (bicyclic) bond motifs is 5. The zero-order valence-electron chi connectivity index (χ0n) is 25.4. The SMILES string of the molecule is CCCC[N+](C)(C)CCCNC(=O)CC[C@@H](C)[C@H]1CCC2C3CCC4CCCC[C@]4(C)C3CC[C@@]21C.[I-]. The van der Waals surface area contributed by atoms with Crippen LogP contribution in [0.3, 0.4) is 0 Å². The van der Waals surface area contributed by atoms with Crippen molar-refractivity contribution in [1.29, 1.82) is 0 Å². The van der Waals surface area contributed by atoms with Crippen LogP contribution in [-0.2, 0) is 4.79 Å². The van der Waals surface area contributed by atoms with Crippen LogP contribution in [0.15, 0.2) is 0 Å². The van der Waals surface area contributed by atoms with Crippen molar-refractivity contribution in [2.24, 2.45) is 46.3 Å². The van der Waals surface area contributed by atoms with Crippen LogP contribution in [0.4, 0.5) is 0 Å². The highest BCUT2D eigenvalue weighted by Crippen LogP contribution is 2.68. The van der Waals surface area contributed by atoms with Gasteiger partial charge in [-0.25, -0.2) is 0 Å². The number of nitrogens with zero attached hydrogens (tertiary/aromatic N) is 1. The normalized spacial score (nSPS) is 38.1. The molecular formula is C33H61IN2O. The smallest absolute Gasteiger partial charge is 0.220 e. The number of carbonyl (C=O) groups excluding carboxylic acids is 1. The number of halogens is 1. The molecule has 0 aromatic heterocycles. The van der Waals surface area contributed by atoms with Crippen LogP contribution in [-0.4, -0.2) is 44.1 Å². The van der Waals surface area contributed by atoms with Gasteiger partial charge in [0.05, 0.1) is 27.2 Å². The fourth-order valence-corrected chi connectivity index (χ4v) is 10.4. The molecule has 0 heterocycles. The quantitative estimate of drug-likeness (QED) is 0.198. The third kappa shape index (κ3) is 6.91. The molecule has 8 atom stereocenters. The number of hydrogen-bond acceptors (Lipinski definition) is 1. The number of nitrogens with one attached hydrogen (secondary N) is 1. The van der Waals surface area contributed by atoms with Gasteiger partial charge in [-0.1, -0.05) is 47.0 Å². The predicted molar refractivity (Wildman–Crippen MR) is 153 cm³/mol. The van der Waals surface area contributed by atoms with E-state index in [-0.39, 0.29) is 29.9 Å². The van der Waals surface area contributed by atoms with Gasteiger partial charge < -0.3 is 33.8 Å². The van der Waals surface area contributed by atoms with E-state index in [0.29, 0.717) is 16.7 Å². The molecule has 0 spiro atoms. The molecule has 4 aliphatic carbocycles. The summed E-state index contributed by atoms with van der Waals surface area (Å²) in [6, 6.07) is 0. The molecule has 0 aromatic rings. The Labute approximate surface area is 247 Å². The third-order valence-electron chi connectivity index (χ3n) is 12.5. The van der Waals surface area contributed by atoms with Crippen LogP contribution in [0.5, 0.6) is 0 Å². The Hall–Kier alpha value is 0.160. The number of quaternary nitrogens is 1. The second-order valence-electron chi connectivity index (χ2n) is 15.1. The lowest BCUT2D eigenvalue weighted by molar-refractivity contribution is -0.890. The van der Waals surface area contributed by atoms with E-state index in [2.05, 4.69) is 47.1 Å². The summed E-state index contributed by atoms with van der Waals surface area (Å²) in [5.41, 5.74) is 1.17. The molecule has 0 radical (unpaired) electrons. The highest BCUT2D eigenvalue weighted by molar-refractivity contribution is 5.75. The van der Waals surface area contributed by atoms with Gasteiger partial charge in [0, 0.05) is 19.4 Å². The average molecular weight is 629 g/mol. The highest BCUT2D eigenvalue weighted by Gasteiger charge is 2.60. The standard InChI is InChI=1S/C33H60N2O.HI/c1-7-8-23-35(5,6)24-11-22-34-31(36)18-13-25(2)28-16-17-29-27-15-14-26-12-9-10-20-32(26,3)30(27)19-21-33(28,29)4;/h25-30H,7-24H2,1-6H3;1H/t25-,26?,27?,28-,29?,30?,32+,33-;/m1./s1. The summed E-state index contributed by atoms with van der Waals surface area (Å²) in [6.07, 6.45) is 20.3. The van der Waals surface area contributed by atoms with E-state index in [9.17, 15) is 4.79 Å². The molecule has 4 unspecified atom stereocenters. The zero-order chi connectivity index (χ0) is 26.0. The van der Waals surface area contributed by atoms with Gasteiger partial charge in [-0.3, -0.25) is 4.79 Å². The Morgan fingerprint density at radius 1 is 0.919 bits per heavy atom. The molecular weight excluding hydrogens is 567 g/mol. The van der Waals surface area contributed by atoms with Crippen molar-refractivity contribution in [2.45, 2.75) is 124 Å². The lowest BCUT2D eigenvalue weighted by atomic mass is 9.44. The Morgan fingerprint density at radius 3 is 2.41 bits per heavy atom. The Morgan fingerprint density at radius 2 is 1.65 bits per heavy atom. The number of hydrogen-bond donors (Lipinski definition) is 1.